The normalized spacial score (nSPS) is 21.8. The van der Waals surface area contributed by atoms with Gasteiger partial charge in [0.15, 0.2) is 0 Å². The van der Waals surface area contributed by atoms with Crippen LogP contribution in [0.2, 0.25) is 0 Å². The van der Waals surface area contributed by atoms with Gasteiger partial charge in [-0.3, -0.25) is 4.79 Å². The average Bonchev–Trinajstić information content (AvgIpc) is 2.61. The molecule has 1 aromatic rings. The Morgan fingerprint density at radius 1 is 1.38 bits per heavy atom. The number of dihydropyridines is 1. The lowest BCUT2D eigenvalue weighted by atomic mass is 9.81. The lowest BCUT2D eigenvalue weighted by molar-refractivity contribution is -0.120. The van der Waals surface area contributed by atoms with Crippen LogP contribution in [0.15, 0.2) is 42.2 Å². The highest BCUT2D eigenvalue weighted by Crippen LogP contribution is 2.40. The number of hydrogen-bond donors (Lipinski definition) is 1. The quantitative estimate of drug-likeness (QED) is 0.855. The molecule has 2 aliphatic heterocycles. The zero-order valence-corrected chi connectivity index (χ0v) is 14.8. The van der Waals surface area contributed by atoms with E-state index in [2.05, 4.69) is 42.7 Å². The molecule has 128 valence electrons. The number of ketones is 1. The maximum absolute atomic E-state index is 11.7. The van der Waals surface area contributed by atoms with E-state index in [1.54, 1.807) is 6.92 Å². The van der Waals surface area contributed by atoms with Crippen molar-refractivity contribution in [3.05, 3.63) is 53.4 Å². The first-order chi connectivity index (χ1) is 11.6. The molecule has 24 heavy (non-hydrogen) atoms. The van der Waals surface area contributed by atoms with Gasteiger partial charge in [-0.25, -0.2) is 0 Å². The van der Waals surface area contributed by atoms with Gasteiger partial charge in [-0.1, -0.05) is 32.1 Å². The fourth-order valence-electron chi connectivity index (χ4n) is 3.58. The number of hydrogen-bond acceptors (Lipinski definition) is 3. The van der Waals surface area contributed by atoms with Crippen molar-refractivity contribution in [1.29, 1.82) is 0 Å². The molecule has 0 radical (unpaired) electrons. The van der Waals surface area contributed by atoms with E-state index < -0.39 is 0 Å². The van der Waals surface area contributed by atoms with Crippen LogP contribution in [0.5, 0.6) is 5.75 Å². The Balaban J connectivity index is 1.84. The van der Waals surface area contributed by atoms with Crippen molar-refractivity contribution >= 4 is 5.78 Å². The maximum Gasteiger partial charge on any atom is 0.133 e. The summed E-state index contributed by atoms with van der Waals surface area (Å²) in [6, 6.07) is 6.49. The topological polar surface area (TPSA) is 38.3 Å². The lowest BCUT2D eigenvalue weighted by Gasteiger charge is -2.29. The summed E-state index contributed by atoms with van der Waals surface area (Å²) in [5.41, 5.74) is 3.98. The fraction of sp³-hybridized carbons (Fsp3) is 0.476. The van der Waals surface area contributed by atoms with Gasteiger partial charge < -0.3 is 10.1 Å². The van der Waals surface area contributed by atoms with Crippen LogP contribution in [-0.2, 0) is 4.79 Å². The second-order valence-electron chi connectivity index (χ2n) is 7.10. The van der Waals surface area contributed by atoms with Gasteiger partial charge >= 0.3 is 0 Å². The first kappa shape index (κ1) is 16.8. The van der Waals surface area contributed by atoms with Gasteiger partial charge in [0.2, 0.25) is 0 Å². The summed E-state index contributed by atoms with van der Waals surface area (Å²) in [6.07, 6.45) is 9.42. The molecule has 1 aromatic carbocycles. The van der Waals surface area contributed by atoms with E-state index in [-0.39, 0.29) is 17.6 Å². The largest absolute Gasteiger partial charge is 0.493 e. The molecule has 0 amide bonds. The van der Waals surface area contributed by atoms with Crippen molar-refractivity contribution in [2.75, 3.05) is 6.61 Å². The molecule has 2 aliphatic rings. The van der Waals surface area contributed by atoms with Crippen LogP contribution in [0.4, 0.5) is 0 Å². The summed E-state index contributed by atoms with van der Waals surface area (Å²) < 4.78 is 5.87. The van der Waals surface area contributed by atoms with E-state index in [4.69, 9.17) is 4.74 Å². The SMILES string of the molecule is CC(=O)[C@@H](C)C(C)c1ccc2c(c1)C(CC1=CNC=CC1)CCO2. The maximum atomic E-state index is 11.7. The number of allylic oxidation sites excluding steroid dienone is 2. The molecule has 1 N–H and O–H groups in total. The predicted octanol–water partition coefficient (Wildman–Crippen LogP) is 4.66. The Morgan fingerprint density at radius 3 is 2.92 bits per heavy atom. The minimum Gasteiger partial charge on any atom is -0.493 e. The third-order valence-corrected chi connectivity index (χ3v) is 5.50. The van der Waals surface area contributed by atoms with Gasteiger partial charge in [0.1, 0.15) is 11.5 Å². The number of Topliss-reactive ketones (excluding diaryl/α,β-unsaturated/α-hetero) is 1. The van der Waals surface area contributed by atoms with Crippen molar-refractivity contribution in [3.63, 3.8) is 0 Å². The molecule has 0 aliphatic carbocycles. The highest BCUT2D eigenvalue weighted by Gasteiger charge is 2.25. The average molecular weight is 325 g/mol. The molecular formula is C21H27NO2. The molecule has 3 atom stereocenters. The number of benzene rings is 1. The van der Waals surface area contributed by atoms with Crippen molar-refractivity contribution in [2.24, 2.45) is 5.92 Å². The van der Waals surface area contributed by atoms with E-state index in [0.717, 1.165) is 31.6 Å². The Bertz CT molecular complexity index is 674. The third kappa shape index (κ3) is 3.55. The van der Waals surface area contributed by atoms with E-state index in [0.29, 0.717) is 5.92 Å². The van der Waals surface area contributed by atoms with Crippen LogP contribution in [0.1, 0.15) is 63.0 Å². The summed E-state index contributed by atoms with van der Waals surface area (Å²) >= 11 is 0. The zero-order valence-electron chi connectivity index (χ0n) is 14.8. The number of rotatable bonds is 5. The Morgan fingerprint density at radius 2 is 2.21 bits per heavy atom. The number of carbonyl (C=O) groups excluding carboxylic acids is 1. The van der Waals surface area contributed by atoms with Gasteiger partial charge in [-0.2, -0.15) is 0 Å². The molecule has 3 rings (SSSR count). The zero-order chi connectivity index (χ0) is 17.1. The monoisotopic (exact) mass is 325 g/mol. The lowest BCUT2D eigenvalue weighted by Crippen LogP contribution is -2.18. The summed E-state index contributed by atoms with van der Waals surface area (Å²) in [7, 11) is 0. The number of ether oxygens (including phenoxy) is 1. The minimum absolute atomic E-state index is 0.0430. The van der Waals surface area contributed by atoms with Crippen LogP contribution >= 0.6 is 0 Å². The summed E-state index contributed by atoms with van der Waals surface area (Å²) in [4.78, 5) is 11.7. The second kappa shape index (κ2) is 7.25. The summed E-state index contributed by atoms with van der Waals surface area (Å²) in [6.45, 7) is 6.63. The number of carbonyl (C=O) groups is 1. The molecule has 2 heterocycles. The first-order valence-electron chi connectivity index (χ1n) is 8.92. The third-order valence-electron chi connectivity index (χ3n) is 5.50. The number of fused-ring (bicyclic) bond motifs is 1. The Kier molecular flexibility index (Phi) is 5.08. The van der Waals surface area contributed by atoms with E-state index in [1.807, 2.05) is 13.1 Å². The van der Waals surface area contributed by atoms with E-state index in [1.165, 1.54) is 16.7 Å². The van der Waals surface area contributed by atoms with Gasteiger partial charge in [-0.15, -0.1) is 0 Å². The van der Waals surface area contributed by atoms with E-state index >= 15 is 0 Å². The Hall–Kier alpha value is -2.03. The van der Waals surface area contributed by atoms with Crippen LogP contribution < -0.4 is 10.1 Å². The molecule has 0 aromatic heterocycles. The predicted molar refractivity (Wildman–Crippen MR) is 97.1 cm³/mol. The van der Waals surface area contributed by atoms with Crippen LogP contribution in [-0.4, -0.2) is 12.4 Å². The molecule has 3 nitrogen and oxygen atoms in total. The minimum atomic E-state index is 0.0430. The number of nitrogens with one attached hydrogen (secondary N) is 1. The van der Waals surface area contributed by atoms with Gasteiger partial charge in [0, 0.05) is 5.92 Å². The Labute approximate surface area is 144 Å². The highest BCUT2D eigenvalue weighted by atomic mass is 16.5. The van der Waals surface area contributed by atoms with Gasteiger partial charge in [0.25, 0.3) is 0 Å². The van der Waals surface area contributed by atoms with Crippen molar-refractivity contribution < 1.29 is 9.53 Å². The molecule has 2 unspecified atom stereocenters. The van der Waals surface area contributed by atoms with Crippen LogP contribution in [0.25, 0.3) is 0 Å². The van der Waals surface area contributed by atoms with Crippen molar-refractivity contribution in [1.82, 2.24) is 5.32 Å². The highest BCUT2D eigenvalue weighted by molar-refractivity contribution is 5.78. The first-order valence-corrected chi connectivity index (χ1v) is 8.92. The van der Waals surface area contributed by atoms with Gasteiger partial charge in [-0.05, 0) is 73.2 Å². The molecule has 0 fully saturated rings. The molecule has 0 saturated carbocycles. The molecule has 0 spiro atoms. The standard InChI is InChI=1S/C21H27NO2/c1-14(16(3)23)15(2)18-6-7-21-20(12-18)19(8-10-24-21)11-17-5-4-9-22-13-17/h4,6-7,9,12-15,19,22H,5,8,10-11H2,1-3H3/t14-,15?,19?/m0/s1. The van der Waals surface area contributed by atoms with Crippen LogP contribution in [0, 0.1) is 5.92 Å². The second-order valence-corrected chi connectivity index (χ2v) is 7.10. The summed E-state index contributed by atoms with van der Waals surface area (Å²) in [5.74, 6) is 2.03. The van der Waals surface area contributed by atoms with Crippen LogP contribution in [0.3, 0.4) is 0 Å². The molecular weight excluding hydrogens is 298 g/mol. The molecule has 3 heteroatoms. The van der Waals surface area contributed by atoms with Gasteiger partial charge in [0.05, 0.1) is 6.61 Å². The summed E-state index contributed by atoms with van der Waals surface area (Å²) in [5, 5.41) is 3.19. The van der Waals surface area contributed by atoms with E-state index in [9.17, 15) is 4.79 Å². The smallest absolute Gasteiger partial charge is 0.133 e. The molecule has 0 bridgehead atoms. The fourth-order valence-corrected chi connectivity index (χ4v) is 3.58. The van der Waals surface area contributed by atoms with Crippen molar-refractivity contribution in [3.8, 4) is 5.75 Å². The van der Waals surface area contributed by atoms with Crippen molar-refractivity contribution in [2.45, 2.75) is 51.9 Å². The molecule has 0 saturated heterocycles.